The van der Waals surface area contributed by atoms with Gasteiger partial charge in [-0.15, -0.1) is 0 Å². The summed E-state index contributed by atoms with van der Waals surface area (Å²) in [6.45, 7) is 4.44. The van der Waals surface area contributed by atoms with E-state index in [4.69, 9.17) is 0 Å². The molecule has 0 atom stereocenters. The van der Waals surface area contributed by atoms with Crippen molar-refractivity contribution in [1.29, 1.82) is 0 Å². The van der Waals surface area contributed by atoms with Crippen molar-refractivity contribution in [3.63, 3.8) is 0 Å². The third-order valence-corrected chi connectivity index (χ3v) is 4.45. The fraction of sp³-hybridized carbons (Fsp3) is 0.538. The zero-order valence-electron chi connectivity index (χ0n) is 9.96. The van der Waals surface area contributed by atoms with E-state index in [2.05, 4.69) is 58.3 Å². The number of aryl methyl sites for hydroxylation is 1. The van der Waals surface area contributed by atoms with Crippen molar-refractivity contribution in [2.24, 2.45) is 0 Å². The van der Waals surface area contributed by atoms with Gasteiger partial charge in [0.2, 0.25) is 0 Å². The molecular formula is C13H19BrN2. The lowest BCUT2D eigenvalue weighted by Gasteiger charge is -2.34. The second kappa shape index (κ2) is 5.19. The topological polar surface area (TPSA) is 15.3 Å². The molecule has 16 heavy (non-hydrogen) atoms. The monoisotopic (exact) mass is 282 g/mol. The van der Waals surface area contributed by atoms with Crippen LogP contribution in [0.1, 0.15) is 18.4 Å². The number of hydrogen-bond acceptors (Lipinski definition) is 2. The minimum atomic E-state index is 0.694. The third-order valence-electron chi connectivity index (χ3n) is 3.42. The number of anilines is 1. The van der Waals surface area contributed by atoms with Crippen LogP contribution in [-0.2, 0) is 0 Å². The highest BCUT2D eigenvalue weighted by Crippen LogP contribution is 2.30. The molecule has 0 unspecified atom stereocenters. The van der Waals surface area contributed by atoms with Crippen LogP contribution in [-0.4, -0.2) is 26.2 Å². The lowest BCUT2D eigenvalue weighted by Crippen LogP contribution is -2.41. The van der Waals surface area contributed by atoms with E-state index in [0.29, 0.717) is 6.04 Å². The molecule has 0 saturated carbocycles. The molecule has 88 valence electrons. The van der Waals surface area contributed by atoms with Gasteiger partial charge in [0.15, 0.2) is 0 Å². The molecule has 0 radical (unpaired) electrons. The standard InChI is InChI=1S/C13H19BrN2/c1-10-4-3-5-12(13(10)14)16-8-6-11(15-2)7-9-16/h3-5,11,15H,6-9H2,1-2H3. The van der Waals surface area contributed by atoms with Crippen molar-refractivity contribution < 1.29 is 0 Å². The van der Waals surface area contributed by atoms with Crippen LogP contribution in [0.2, 0.25) is 0 Å². The maximum atomic E-state index is 3.69. The molecule has 1 heterocycles. The van der Waals surface area contributed by atoms with Crippen molar-refractivity contribution >= 4 is 21.6 Å². The first-order valence-corrected chi connectivity index (χ1v) is 6.69. The van der Waals surface area contributed by atoms with Crippen molar-refractivity contribution in [1.82, 2.24) is 5.32 Å². The van der Waals surface area contributed by atoms with E-state index in [1.165, 1.54) is 28.6 Å². The molecule has 1 aliphatic rings. The predicted molar refractivity (Wildman–Crippen MR) is 73.2 cm³/mol. The lowest BCUT2D eigenvalue weighted by atomic mass is 10.0. The summed E-state index contributed by atoms with van der Waals surface area (Å²) in [6.07, 6.45) is 2.47. The van der Waals surface area contributed by atoms with Gasteiger partial charge in [0.25, 0.3) is 0 Å². The van der Waals surface area contributed by atoms with Crippen molar-refractivity contribution in [2.45, 2.75) is 25.8 Å². The Kier molecular flexibility index (Phi) is 3.87. The zero-order valence-corrected chi connectivity index (χ0v) is 11.5. The summed E-state index contributed by atoms with van der Waals surface area (Å²) >= 11 is 3.69. The summed E-state index contributed by atoms with van der Waals surface area (Å²) in [4.78, 5) is 2.48. The second-order valence-electron chi connectivity index (χ2n) is 4.46. The molecule has 2 nitrogen and oxygen atoms in total. The number of halogens is 1. The second-order valence-corrected chi connectivity index (χ2v) is 5.25. The molecule has 1 N–H and O–H groups in total. The zero-order chi connectivity index (χ0) is 11.5. The van der Waals surface area contributed by atoms with Crippen LogP contribution in [0, 0.1) is 6.92 Å². The van der Waals surface area contributed by atoms with E-state index in [0.717, 1.165) is 13.1 Å². The van der Waals surface area contributed by atoms with E-state index in [9.17, 15) is 0 Å². The van der Waals surface area contributed by atoms with Crippen LogP contribution >= 0.6 is 15.9 Å². The largest absolute Gasteiger partial charge is 0.370 e. The quantitative estimate of drug-likeness (QED) is 0.897. The Morgan fingerprint density at radius 3 is 2.62 bits per heavy atom. The Bertz CT molecular complexity index is 357. The van der Waals surface area contributed by atoms with Gasteiger partial charge >= 0.3 is 0 Å². The number of nitrogens with zero attached hydrogens (tertiary/aromatic N) is 1. The molecule has 0 aliphatic carbocycles. The number of rotatable bonds is 2. The van der Waals surface area contributed by atoms with Crippen LogP contribution in [0.4, 0.5) is 5.69 Å². The molecule has 1 aromatic carbocycles. The van der Waals surface area contributed by atoms with Gasteiger partial charge in [-0.05, 0) is 54.4 Å². The van der Waals surface area contributed by atoms with Crippen LogP contribution in [0.15, 0.2) is 22.7 Å². The first-order valence-electron chi connectivity index (χ1n) is 5.89. The van der Waals surface area contributed by atoms with E-state index in [1.54, 1.807) is 0 Å². The van der Waals surface area contributed by atoms with Crippen LogP contribution in [0.5, 0.6) is 0 Å². The van der Waals surface area contributed by atoms with E-state index >= 15 is 0 Å². The van der Waals surface area contributed by atoms with Gasteiger partial charge in [0, 0.05) is 23.6 Å². The Balaban J connectivity index is 2.11. The Hall–Kier alpha value is -0.540. The van der Waals surface area contributed by atoms with Gasteiger partial charge in [-0.2, -0.15) is 0 Å². The SMILES string of the molecule is CNC1CCN(c2cccc(C)c2Br)CC1. The predicted octanol–water partition coefficient (Wildman–Crippen LogP) is 2.95. The fourth-order valence-electron chi connectivity index (χ4n) is 2.29. The number of piperidine rings is 1. The van der Waals surface area contributed by atoms with E-state index in [-0.39, 0.29) is 0 Å². The normalized spacial score (nSPS) is 17.8. The number of nitrogens with one attached hydrogen (secondary N) is 1. The first-order chi connectivity index (χ1) is 7.72. The molecule has 0 aromatic heterocycles. The van der Waals surface area contributed by atoms with Crippen LogP contribution in [0.25, 0.3) is 0 Å². The lowest BCUT2D eigenvalue weighted by molar-refractivity contribution is 0.442. The molecule has 1 aromatic rings. The molecule has 1 saturated heterocycles. The van der Waals surface area contributed by atoms with Crippen LogP contribution in [0.3, 0.4) is 0 Å². The van der Waals surface area contributed by atoms with Crippen molar-refractivity contribution in [3.8, 4) is 0 Å². The summed E-state index contributed by atoms with van der Waals surface area (Å²) in [6, 6.07) is 7.18. The third kappa shape index (κ3) is 2.41. The Labute approximate surface area is 106 Å². The average Bonchev–Trinajstić information content (AvgIpc) is 2.33. The summed E-state index contributed by atoms with van der Waals surface area (Å²) in [7, 11) is 2.06. The highest BCUT2D eigenvalue weighted by atomic mass is 79.9. The van der Waals surface area contributed by atoms with Gasteiger partial charge in [-0.1, -0.05) is 12.1 Å². The molecule has 0 bridgehead atoms. The smallest absolute Gasteiger partial charge is 0.0513 e. The highest BCUT2D eigenvalue weighted by molar-refractivity contribution is 9.10. The van der Waals surface area contributed by atoms with Gasteiger partial charge in [-0.3, -0.25) is 0 Å². The first kappa shape index (κ1) is 11.9. The Morgan fingerprint density at radius 2 is 2.00 bits per heavy atom. The fourth-order valence-corrected chi connectivity index (χ4v) is 2.80. The number of benzene rings is 1. The summed E-state index contributed by atoms with van der Waals surface area (Å²) in [5.41, 5.74) is 2.66. The molecular weight excluding hydrogens is 264 g/mol. The highest BCUT2D eigenvalue weighted by Gasteiger charge is 2.19. The van der Waals surface area contributed by atoms with E-state index in [1.807, 2.05) is 0 Å². The van der Waals surface area contributed by atoms with E-state index < -0.39 is 0 Å². The molecule has 1 fully saturated rings. The van der Waals surface area contributed by atoms with Gasteiger partial charge in [-0.25, -0.2) is 0 Å². The Morgan fingerprint density at radius 1 is 1.31 bits per heavy atom. The maximum absolute atomic E-state index is 3.69. The van der Waals surface area contributed by atoms with Crippen molar-refractivity contribution in [3.05, 3.63) is 28.2 Å². The average molecular weight is 283 g/mol. The maximum Gasteiger partial charge on any atom is 0.0513 e. The molecule has 3 heteroatoms. The van der Waals surface area contributed by atoms with Crippen LogP contribution < -0.4 is 10.2 Å². The summed E-state index contributed by atoms with van der Waals surface area (Å²) in [5.74, 6) is 0. The molecule has 2 rings (SSSR count). The molecule has 0 spiro atoms. The number of hydrogen-bond donors (Lipinski definition) is 1. The van der Waals surface area contributed by atoms with Gasteiger partial charge in [0.1, 0.15) is 0 Å². The molecule has 1 aliphatic heterocycles. The van der Waals surface area contributed by atoms with Gasteiger partial charge < -0.3 is 10.2 Å². The minimum absolute atomic E-state index is 0.694. The summed E-state index contributed by atoms with van der Waals surface area (Å²) in [5, 5.41) is 3.36. The minimum Gasteiger partial charge on any atom is -0.370 e. The molecule has 0 amide bonds. The summed E-state index contributed by atoms with van der Waals surface area (Å²) < 4.78 is 1.25. The van der Waals surface area contributed by atoms with Crippen molar-refractivity contribution in [2.75, 3.05) is 25.0 Å². The van der Waals surface area contributed by atoms with Gasteiger partial charge in [0.05, 0.1) is 5.69 Å².